The molecule has 8 heteroatoms. The molecule has 132 valence electrons. The number of hydrogen-bond acceptors (Lipinski definition) is 4. The molecule has 0 aliphatic carbocycles. The molecular weight excluding hydrogens is 365 g/mol. The van der Waals surface area contributed by atoms with E-state index < -0.39 is 11.8 Å². The largest absolute Gasteiger partial charge is 0.455 e. The zero-order chi connectivity index (χ0) is 18.4. The van der Waals surface area contributed by atoms with Gasteiger partial charge in [0.2, 0.25) is 0 Å². The van der Waals surface area contributed by atoms with E-state index in [1.807, 2.05) is 13.8 Å². The highest BCUT2D eigenvalue weighted by molar-refractivity contribution is 6.42. The van der Waals surface area contributed by atoms with Crippen molar-refractivity contribution in [1.29, 1.82) is 0 Å². The zero-order valence-corrected chi connectivity index (χ0v) is 15.2. The minimum absolute atomic E-state index is 0.253. The third-order valence-electron chi connectivity index (χ3n) is 3.07. The molecule has 0 aliphatic rings. The third-order valence-corrected chi connectivity index (χ3v) is 3.80. The van der Waals surface area contributed by atoms with E-state index in [-0.39, 0.29) is 5.92 Å². The monoisotopic (exact) mass is 381 g/mol. The molecule has 1 heterocycles. The number of carbonyl (C=O) groups excluding carboxylic acids is 2. The predicted molar refractivity (Wildman–Crippen MR) is 97.7 cm³/mol. The van der Waals surface area contributed by atoms with Crippen molar-refractivity contribution >= 4 is 41.2 Å². The Labute approximate surface area is 155 Å². The summed E-state index contributed by atoms with van der Waals surface area (Å²) in [5.41, 5.74) is 2.90. The van der Waals surface area contributed by atoms with Gasteiger partial charge in [-0.1, -0.05) is 37.0 Å². The Balaban J connectivity index is 1.94. The number of amides is 2. The van der Waals surface area contributed by atoms with Crippen molar-refractivity contribution < 1.29 is 14.0 Å². The van der Waals surface area contributed by atoms with Crippen molar-refractivity contribution in [3.63, 3.8) is 0 Å². The van der Waals surface area contributed by atoms with Crippen molar-refractivity contribution in [2.75, 3.05) is 6.54 Å². The maximum Gasteiger partial charge on any atom is 0.329 e. The van der Waals surface area contributed by atoms with Crippen molar-refractivity contribution in [3.05, 3.63) is 46.1 Å². The number of nitrogens with zero attached hydrogens (tertiary/aromatic N) is 1. The first-order valence-electron chi connectivity index (χ1n) is 7.53. The van der Waals surface area contributed by atoms with Crippen LogP contribution >= 0.6 is 23.2 Å². The van der Waals surface area contributed by atoms with E-state index in [2.05, 4.69) is 15.8 Å². The number of benzene rings is 1. The number of hydrazone groups is 1. The lowest BCUT2D eigenvalue weighted by Crippen LogP contribution is -2.39. The SMILES string of the molecule is CC(C)CNC(=O)C(=O)N/N=C/c1ccc(-c2ccc(Cl)c(Cl)c2)o1. The second kappa shape index (κ2) is 8.69. The smallest absolute Gasteiger partial charge is 0.329 e. The molecule has 0 fully saturated rings. The highest BCUT2D eigenvalue weighted by atomic mass is 35.5. The molecule has 2 N–H and O–H groups in total. The maximum atomic E-state index is 11.5. The van der Waals surface area contributed by atoms with Gasteiger partial charge in [0.1, 0.15) is 11.5 Å². The molecule has 1 aromatic carbocycles. The quantitative estimate of drug-likeness (QED) is 0.472. The Morgan fingerprint density at radius 2 is 1.92 bits per heavy atom. The number of carbonyl (C=O) groups is 2. The fourth-order valence-electron chi connectivity index (χ4n) is 1.81. The van der Waals surface area contributed by atoms with Gasteiger partial charge in [-0.3, -0.25) is 9.59 Å². The fourth-order valence-corrected chi connectivity index (χ4v) is 2.11. The summed E-state index contributed by atoms with van der Waals surface area (Å²) in [6, 6.07) is 8.54. The van der Waals surface area contributed by atoms with E-state index in [1.54, 1.807) is 30.3 Å². The summed E-state index contributed by atoms with van der Waals surface area (Å²) < 4.78 is 5.58. The van der Waals surface area contributed by atoms with Gasteiger partial charge in [0.05, 0.1) is 16.3 Å². The first kappa shape index (κ1) is 19.0. The van der Waals surface area contributed by atoms with E-state index in [1.165, 1.54) is 6.21 Å². The number of furan rings is 1. The summed E-state index contributed by atoms with van der Waals surface area (Å²) in [5.74, 6) is -0.344. The van der Waals surface area contributed by atoms with Crippen LogP contribution in [0.4, 0.5) is 0 Å². The van der Waals surface area contributed by atoms with Crippen LogP contribution in [0.25, 0.3) is 11.3 Å². The summed E-state index contributed by atoms with van der Waals surface area (Å²) in [6.45, 7) is 4.28. The number of rotatable bonds is 5. The molecule has 0 saturated carbocycles. The van der Waals surface area contributed by atoms with Crippen LogP contribution in [0, 0.1) is 5.92 Å². The van der Waals surface area contributed by atoms with Gasteiger partial charge in [-0.2, -0.15) is 5.10 Å². The third kappa shape index (κ3) is 5.62. The molecule has 0 bridgehead atoms. The standard InChI is InChI=1S/C17H17Cl2N3O3/c1-10(2)8-20-16(23)17(24)22-21-9-12-4-6-15(25-12)11-3-5-13(18)14(19)7-11/h3-7,9-10H,8H2,1-2H3,(H,20,23)(H,22,24)/b21-9+. The molecule has 0 aliphatic heterocycles. The number of halogens is 2. The normalized spacial score (nSPS) is 11.1. The summed E-state index contributed by atoms with van der Waals surface area (Å²) in [7, 11) is 0. The van der Waals surface area contributed by atoms with Crippen LogP contribution in [0.5, 0.6) is 0 Å². The molecule has 0 saturated heterocycles. The molecule has 0 radical (unpaired) electrons. The van der Waals surface area contributed by atoms with Gasteiger partial charge in [-0.25, -0.2) is 5.43 Å². The van der Waals surface area contributed by atoms with E-state index in [9.17, 15) is 9.59 Å². The average Bonchev–Trinajstić information content (AvgIpc) is 3.03. The van der Waals surface area contributed by atoms with Gasteiger partial charge in [0, 0.05) is 12.1 Å². The number of nitrogens with one attached hydrogen (secondary N) is 2. The molecule has 25 heavy (non-hydrogen) atoms. The summed E-state index contributed by atoms with van der Waals surface area (Å²) >= 11 is 11.9. The molecule has 2 aromatic rings. The van der Waals surface area contributed by atoms with Crippen molar-refractivity contribution in [2.24, 2.45) is 11.0 Å². The van der Waals surface area contributed by atoms with E-state index in [0.29, 0.717) is 28.1 Å². The summed E-state index contributed by atoms with van der Waals surface area (Å²) in [5, 5.41) is 7.07. The van der Waals surface area contributed by atoms with Crippen LogP contribution in [0.3, 0.4) is 0 Å². The van der Waals surface area contributed by atoms with Gasteiger partial charge < -0.3 is 9.73 Å². The molecule has 6 nitrogen and oxygen atoms in total. The lowest BCUT2D eigenvalue weighted by atomic mass is 10.2. The number of hydrogen-bond donors (Lipinski definition) is 2. The maximum absolute atomic E-state index is 11.5. The zero-order valence-electron chi connectivity index (χ0n) is 13.7. The van der Waals surface area contributed by atoms with Crippen LogP contribution < -0.4 is 10.7 Å². The second-order valence-electron chi connectivity index (χ2n) is 5.63. The van der Waals surface area contributed by atoms with Crippen molar-refractivity contribution in [1.82, 2.24) is 10.7 Å². The van der Waals surface area contributed by atoms with Gasteiger partial charge in [0.25, 0.3) is 0 Å². The van der Waals surface area contributed by atoms with Gasteiger partial charge in [-0.05, 0) is 36.2 Å². The van der Waals surface area contributed by atoms with Gasteiger partial charge in [0.15, 0.2) is 0 Å². The van der Waals surface area contributed by atoms with Crippen LogP contribution in [-0.4, -0.2) is 24.6 Å². The van der Waals surface area contributed by atoms with E-state index in [0.717, 1.165) is 5.56 Å². The Kier molecular flexibility index (Phi) is 6.61. The van der Waals surface area contributed by atoms with E-state index >= 15 is 0 Å². The minimum Gasteiger partial charge on any atom is -0.455 e. The highest BCUT2D eigenvalue weighted by Crippen LogP contribution is 2.29. The van der Waals surface area contributed by atoms with Crippen LogP contribution in [0.1, 0.15) is 19.6 Å². The van der Waals surface area contributed by atoms with Crippen LogP contribution in [0.2, 0.25) is 10.0 Å². The molecule has 0 unspecified atom stereocenters. The van der Waals surface area contributed by atoms with E-state index in [4.69, 9.17) is 27.6 Å². The average molecular weight is 382 g/mol. The van der Waals surface area contributed by atoms with Gasteiger partial charge in [-0.15, -0.1) is 0 Å². The molecule has 1 aromatic heterocycles. The van der Waals surface area contributed by atoms with Crippen molar-refractivity contribution in [3.8, 4) is 11.3 Å². The van der Waals surface area contributed by atoms with Crippen LogP contribution in [-0.2, 0) is 9.59 Å². The topological polar surface area (TPSA) is 83.7 Å². The molecular formula is C17H17Cl2N3O3. The first-order chi connectivity index (χ1) is 11.9. The van der Waals surface area contributed by atoms with Crippen molar-refractivity contribution in [2.45, 2.75) is 13.8 Å². The molecule has 0 spiro atoms. The Morgan fingerprint density at radius 1 is 1.16 bits per heavy atom. The Hall–Kier alpha value is -2.31. The summed E-state index contributed by atoms with van der Waals surface area (Å²) in [6.07, 6.45) is 1.30. The second-order valence-corrected chi connectivity index (χ2v) is 6.45. The minimum atomic E-state index is -0.840. The van der Waals surface area contributed by atoms with Gasteiger partial charge >= 0.3 is 11.8 Å². The molecule has 2 amide bonds. The molecule has 0 atom stereocenters. The lowest BCUT2D eigenvalue weighted by molar-refractivity contribution is -0.139. The first-order valence-corrected chi connectivity index (χ1v) is 8.29. The fraction of sp³-hybridized carbons (Fsp3) is 0.235. The lowest BCUT2D eigenvalue weighted by Gasteiger charge is -2.05. The Bertz CT molecular complexity index is 800. The van der Waals surface area contributed by atoms with Crippen LogP contribution in [0.15, 0.2) is 39.9 Å². The Morgan fingerprint density at radius 3 is 2.60 bits per heavy atom. The highest BCUT2D eigenvalue weighted by Gasteiger charge is 2.12. The molecule has 2 rings (SSSR count). The summed E-state index contributed by atoms with van der Waals surface area (Å²) in [4.78, 5) is 23.0. The predicted octanol–water partition coefficient (Wildman–Crippen LogP) is 3.48.